The second kappa shape index (κ2) is 5.32. The minimum absolute atomic E-state index is 0. The van der Waals surface area contributed by atoms with Crippen LogP contribution in [0.3, 0.4) is 0 Å². The van der Waals surface area contributed by atoms with E-state index in [9.17, 15) is 13.2 Å². The van der Waals surface area contributed by atoms with Gasteiger partial charge in [0.25, 0.3) is 0 Å². The van der Waals surface area contributed by atoms with Crippen molar-refractivity contribution in [2.75, 3.05) is 5.75 Å². The molecular formula is C3H10N2O5S2. The fraction of sp³-hybridized carbons (Fsp3) is 0.667. The summed E-state index contributed by atoms with van der Waals surface area (Å²) in [6.45, 7) is 0. The van der Waals surface area contributed by atoms with Gasteiger partial charge in [0, 0.05) is 5.75 Å². The summed E-state index contributed by atoms with van der Waals surface area (Å²) in [5.74, 6) is -1.29. The number of carbonyl (C=O) groups excluding carboxylic acids is 1. The summed E-state index contributed by atoms with van der Waals surface area (Å²) in [5.41, 5.74) is 5.00. The van der Waals surface area contributed by atoms with Crippen molar-refractivity contribution in [3.05, 3.63) is 0 Å². The van der Waals surface area contributed by atoms with Gasteiger partial charge >= 0.3 is 16.4 Å². The van der Waals surface area contributed by atoms with E-state index < -0.39 is 22.4 Å². The third-order valence-electron chi connectivity index (χ3n) is 0.687. The lowest BCUT2D eigenvalue weighted by molar-refractivity contribution is -0.135. The maximum atomic E-state index is 10.5. The van der Waals surface area contributed by atoms with E-state index in [1.165, 1.54) is 0 Å². The van der Waals surface area contributed by atoms with Crippen LogP contribution in [0.2, 0.25) is 0 Å². The molecule has 74 valence electrons. The smallest absolute Gasteiger partial charge is 0.344 e. The van der Waals surface area contributed by atoms with Crippen molar-refractivity contribution >= 4 is 29.0 Å². The first-order valence-electron chi connectivity index (χ1n) is 2.44. The Morgan fingerprint density at radius 2 is 2.08 bits per heavy atom. The molecule has 0 saturated carbocycles. The van der Waals surface area contributed by atoms with Crippen LogP contribution >= 0.6 is 12.6 Å². The second-order valence-corrected chi connectivity index (χ2v) is 3.01. The number of hydrogen-bond donors (Lipinski definition) is 4. The van der Waals surface area contributed by atoms with Crippen LogP contribution in [-0.2, 0) is 19.4 Å². The van der Waals surface area contributed by atoms with Crippen molar-refractivity contribution in [2.24, 2.45) is 5.73 Å². The molecule has 12 heavy (non-hydrogen) atoms. The topological polar surface area (TPSA) is 142 Å². The van der Waals surface area contributed by atoms with Crippen LogP contribution < -0.4 is 11.9 Å². The maximum Gasteiger partial charge on any atom is 0.449 e. The van der Waals surface area contributed by atoms with Gasteiger partial charge in [0.15, 0.2) is 0 Å². The van der Waals surface area contributed by atoms with Crippen LogP contribution in [0.25, 0.3) is 0 Å². The highest BCUT2D eigenvalue weighted by Crippen LogP contribution is 1.92. The second-order valence-electron chi connectivity index (χ2n) is 1.62. The van der Waals surface area contributed by atoms with E-state index in [1.807, 2.05) is 0 Å². The molecule has 0 spiro atoms. The first kappa shape index (κ1) is 14.2. The Balaban J connectivity index is 0. The van der Waals surface area contributed by atoms with Gasteiger partial charge in [-0.3, -0.25) is 4.55 Å². The Bertz CT molecular complexity index is 237. The molecule has 0 fully saturated rings. The molecule has 0 aliphatic rings. The fourth-order valence-corrected chi connectivity index (χ4v) is 0.720. The molecule has 0 bridgehead atoms. The Morgan fingerprint density at radius 3 is 2.33 bits per heavy atom. The molecule has 0 saturated heterocycles. The Kier molecular flexibility index (Phi) is 6.29. The molecule has 0 aliphatic heterocycles. The average molecular weight is 218 g/mol. The standard InChI is InChI=1S/C3H7NO5S2.H3N/c4-2(1-10)3(5)9-11(6,7)8;/h2,10H,1,4H2,(H,6,7,8);1H3/t2-;/m0./s1. The zero-order valence-corrected chi connectivity index (χ0v) is 7.72. The van der Waals surface area contributed by atoms with Gasteiger partial charge in [-0.2, -0.15) is 21.0 Å². The zero-order valence-electron chi connectivity index (χ0n) is 6.00. The lowest BCUT2D eigenvalue weighted by Crippen LogP contribution is -2.35. The number of nitrogens with two attached hydrogens (primary N) is 1. The Morgan fingerprint density at radius 1 is 1.67 bits per heavy atom. The lowest BCUT2D eigenvalue weighted by atomic mass is 10.4. The van der Waals surface area contributed by atoms with E-state index in [1.54, 1.807) is 0 Å². The van der Waals surface area contributed by atoms with Gasteiger partial charge in [-0.15, -0.1) is 0 Å². The van der Waals surface area contributed by atoms with E-state index in [0.717, 1.165) is 0 Å². The molecule has 6 N–H and O–H groups in total. The van der Waals surface area contributed by atoms with Gasteiger partial charge in [-0.25, -0.2) is 4.79 Å². The van der Waals surface area contributed by atoms with Crippen molar-refractivity contribution in [1.82, 2.24) is 6.15 Å². The summed E-state index contributed by atoms with van der Waals surface area (Å²) < 4.78 is 31.3. The van der Waals surface area contributed by atoms with E-state index in [2.05, 4.69) is 16.8 Å². The normalized spacial score (nSPS) is 12.9. The first-order chi connectivity index (χ1) is 4.87. The van der Waals surface area contributed by atoms with Crippen molar-refractivity contribution in [3.8, 4) is 0 Å². The summed E-state index contributed by atoms with van der Waals surface area (Å²) in [6.07, 6.45) is 0. The van der Waals surface area contributed by atoms with Gasteiger partial charge in [0.2, 0.25) is 0 Å². The molecule has 0 rings (SSSR count). The monoisotopic (exact) mass is 218 g/mol. The molecule has 9 heteroatoms. The van der Waals surface area contributed by atoms with Gasteiger partial charge in [0.1, 0.15) is 6.04 Å². The molecule has 0 aromatic heterocycles. The predicted molar refractivity (Wildman–Crippen MR) is 44.5 cm³/mol. The van der Waals surface area contributed by atoms with E-state index >= 15 is 0 Å². The Hall–Kier alpha value is -0.350. The minimum atomic E-state index is -4.74. The van der Waals surface area contributed by atoms with Crippen LogP contribution in [0.1, 0.15) is 0 Å². The highest BCUT2D eigenvalue weighted by molar-refractivity contribution is 7.81. The van der Waals surface area contributed by atoms with Gasteiger partial charge in [0.05, 0.1) is 0 Å². The van der Waals surface area contributed by atoms with Crippen LogP contribution in [0.15, 0.2) is 0 Å². The number of thiol groups is 1. The quantitative estimate of drug-likeness (QED) is 0.342. The highest BCUT2D eigenvalue weighted by atomic mass is 32.3. The molecule has 0 aromatic carbocycles. The molecule has 0 aromatic rings. The summed E-state index contributed by atoms with van der Waals surface area (Å²) in [4.78, 5) is 10.5. The minimum Gasteiger partial charge on any atom is -0.344 e. The SMILES string of the molecule is N.N[C@@H](CS)C(=O)OS(=O)(=O)O. The molecule has 1 atom stereocenters. The van der Waals surface area contributed by atoms with Gasteiger partial charge < -0.3 is 16.1 Å². The van der Waals surface area contributed by atoms with E-state index in [4.69, 9.17) is 10.3 Å². The number of hydrogen-bond acceptors (Lipinski definition) is 7. The largest absolute Gasteiger partial charge is 0.449 e. The van der Waals surface area contributed by atoms with Crippen molar-refractivity contribution in [3.63, 3.8) is 0 Å². The van der Waals surface area contributed by atoms with Crippen molar-refractivity contribution < 1.29 is 21.9 Å². The molecule has 0 heterocycles. The molecular weight excluding hydrogens is 208 g/mol. The van der Waals surface area contributed by atoms with E-state index in [-0.39, 0.29) is 11.9 Å². The zero-order chi connectivity index (χ0) is 9.07. The number of carbonyl (C=O) groups is 1. The molecule has 0 unspecified atom stereocenters. The van der Waals surface area contributed by atoms with Gasteiger partial charge in [-0.05, 0) is 0 Å². The summed E-state index contributed by atoms with van der Waals surface area (Å²) in [7, 11) is -4.74. The predicted octanol–water partition coefficient (Wildman–Crippen LogP) is -1.25. The van der Waals surface area contributed by atoms with Crippen LogP contribution in [0.5, 0.6) is 0 Å². The third-order valence-corrected chi connectivity index (χ3v) is 1.46. The van der Waals surface area contributed by atoms with Crippen molar-refractivity contribution in [1.29, 1.82) is 0 Å². The summed E-state index contributed by atoms with van der Waals surface area (Å²) in [5, 5.41) is 0. The van der Waals surface area contributed by atoms with Crippen LogP contribution in [0.4, 0.5) is 0 Å². The first-order valence-corrected chi connectivity index (χ1v) is 4.43. The fourth-order valence-electron chi connectivity index (χ4n) is 0.240. The molecule has 0 radical (unpaired) electrons. The third kappa shape index (κ3) is 6.37. The maximum absolute atomic E-state index is 10.5. The van der Waals surface area contributed by atoms with E-state index in [0.29, 0.717) is 0 Å². The van der Waals surface area contributed by atoms with Crippen LogP contribution in [0, 0.1) is 0 Å². The number of rotatable bonds is 3. The summed E-state index contributed by atoms with van der Waals surface area (Å²) in [6, 6.07) is -1.15. The lowest BCUT2D eigenvalue weighted by Gasteiger charge is -2.04. The average Bonchev–Trinajstić information content (AvgIpc) is 1.82. The van der Waals surface area contributed by atoms with Crippen molar-refractivity contribution in [2.45, 2.75) is 6.04 Å². The molecule has 7 nitrogen and oxygen atoms in total. The Labute approximate surface area is 75.2 Å². The van der Waals surface area contributed by atoms with Crippen LogP contribution in [-0.4, -0.2) is 30.7 Å². The molecule has 0 amide bonds. The highest BCUT2D eigenvalue weighted by Gasteiger charge is 2.19. The van der Waals surface area contributed by atoms with Gasteiger partial charge in [-0.1, -0.05) is 0 Å². The summed E-state index contributed by atoms with van der Waals surface area (Å²) >= 11 is 3.60. The molecule has 0 aliphatic carbocycles.